The molecule has 0 heterocycles. The molecule has 0 aliphatic rings. The summed E-state index contributed by atoms with van der Waals surface area (Å²) in [6.45, 7) is 9.72. The Bertz CT molecular complexity index is 307. The Morgan fingerprint density at radius 1 is 0.448 bits per heavy atom. The van der Waals surface area contributed by atoms with E-state index < -0.39 is 0 Å². The fourth-order valence-electron chi connectivity index (χ4n) is 4.48. The first-order chi connectivity index (χ1) is 14.0. The first kappa shape index (κ1) is 29.0. The van der Waals surface area contributed by atoms with E-state index in [4.69, 9.17) is 0 Å². The van der Waals surface area contributed by atoms with Gasteiger partial charge in [0.25, 0.3) is 0 Å². The van der Waals surface area contributed by atoms with Crippen LogP contribution in [-0.2, 0) is 0 Å². The first-order valence-electron chi connectivity index (χ1n) is 13.8. The summed E-state index contributed by atoms with van der Waals surface area (Å²) in [7, 11) is 4.85. The van der Waals surface area contributed by atoms with Crippen molar-refractivity contribution in [1.82, 2.24) is 0 Å². The van der Waals surface area contributed by atoms with Gasteiger partial charge in [-0.15, -0.1) is 0 Å². The third-order valence-electron chi connectivity index (χ3n) is 6.66. The van der Waals surface area contributed by atoms with Crippen molar-refractivity contribution in [2.75, 3.05) is 27.2 Å². The zero-order valence-electron chi connectivity index (χ0n) is 21.6. The zero-order valence-corrected chi connectivity index (χ0v) is 21.6. The van der Waals surface area contributed by atoms with Crippen molar-refractivity contribution in [1.29, 1.82) is 0 Å². The van der Waals surface area contributed by atoms with Gasteiger partial charge in [0.1, 0.15) is 0 Å². The molecule has 0 aromatic carbocycles. The van der Waals surface area contributed by atoms with Gasteiger partial charge in [-0.3, -0.25) is 0 Å². The number of hydrogen-bond acceptors (Lipinski definition) is 0. The Labute approximate surface area is 187 Å². The van der Waals surface area contributed by atoms with E-state index in [0.29, 0.717) is 0 Å². The molecule has 176 valence electrons. The smallest absolute Gasteiger partial charge is 0.0782 e. The Morgan fingerprint density at radius 2 is 0.759 bits per heavy atom. The van der Waals surface area contributed by atoms with Crippen molar-refractivity contribution in [2.24, 2.45) is 5.92 Å². The summed E-state index contributed by atoms with van der Waals surface area (Å²) in [6, 6.07) is 0. The topological polar surface area (TPSA) is 0 Å². The molecule has 0 aromatic rings. The lowest BCUT2D eigenvalue weighted by Crippen LogP contribution is -2.41. The van der Waals surface area contributed by atoms with Crippen LogP contribution < -0.4 is 0 Å². The van der Waals surface area contributed by atoms with Crippen LogP contribution in [0, 0.1) is 5.92 Å². The van der Waals surface area contributed by atoms with E-state index in [2.05, 4.69) is 34.9 Å². The Kier molecular flexibility index (Phi) is 21.2. The van der Waals surface area contributed by atoms with Gasteiger partial charge in [0, 0.05) is 0 Å². The minimum Gasteiger partial charge on any atom is -0.328 e. The molecule has 0 atom stereocenters. The van der Waals surface area contributed by atoms with Crippen molar-refractivity contribution in [3.8, 4) is 0 Å². The van der Waals surface area contributed by atoms with Crippen LogP contribution in [0.3, 0.4) is 0 Å². The largest absolute Gasteiger partial charge is 0.328 e. The van der Waals surface area contributed by atoms with Crippen LogP contribution >= 0.6 is 0 Å². The van der Waals surface area contributed by atoms with Crippen molar-refractivity contribution >= 4 is 0 Å². The summed E-state index contributed by atoms with van der Waals surface area (Å²) in [4.78, 5) is 0. The average Bonchev–Trinajstić information content (AvgIpc) is 2.66. The van der Waals surface area contributed by atoms with Crippen LogP contribution in [-0.4, -0.2) is 31.7 Å². The molecule has 0 saturated carbocycles. The second kappa shape index (κ2) is 21.2. The quantitative estimate of drug-likeness (QED) is 0.116. The monoisotopic (exact) mass is 410 g/mol. The minimum atomic E-state index is 0.861. The molecule has 0 bridgehead atoms. The van der Waals surface area contributed by atoms with Crippen LogP contribution in [0.4, 0.5) is 0 Å². The van der Waals surface area contributed by atoms with E-state index >= 15 is 0 Å². The summed E-state index contributed by atoms with van der Waals surface area (Å²) in [6.07, 6.45) is 29.2. The Hall–Kier alpha value is -0.0400. The molecule has 0 aliphatic heterocycles. The summed E-state index contributed by atoms with van der Waals surface area (Å²) >= 11 is 0. The van der Waals surface area contributed by atoms with Gasteiger partial charge in [0.15, 0.2) is 0 Å². The second-order valence-corrected chi connectivity index (χ2v) is 10.9. The molecule has 0 unspecified atom stereocenters. The van der Waals surface area contributed by atoms with Gasteiger partial charge in [0.2, 0.25) is 0 Å². The molecule has 0 fully saturated rings. The predicted octanol–water partition coefficient (Wildman–Crippen LogP) is 9.54. The summed E-state index contributed by atoms with van der Waals surface area (Å²) < 4.78 is 1.23. The molecule has 1 nitrogen and oxygen atoms in total. The van der Waals surface area contributed by atoms with Crippen molar-refractivity contribution in [2.45, 2.75) is 149 Å². The first-order valence-corrected chi connectivity index (χ1v) is 13.8. The molecular formula is C28H60N+. The molecule has 0 rings (SSSR count). The van der Waals surface area contributed by atoms with Gasteiger partial charge in [0.05, 0.1) is 27.2 Å². The fourth-order valence-corrected chi connectivity index (χ4v) is 4.48. The van der Waals surface area contributed by atoms with Gasteiger partial charge in [-0.2, -0.15) is 0 Å². The molecule has 0 aromatic heterocycles. The van der Waals surface area contributed by atoms with E-state index in [1.54, 1.807) is 0 Å². The maximum Gasteiger partial charge on any atom is 0.0782 e. The summed E-state index contributed by atoms with van der Waals surface area (Å²) in [5.41, 5.74) is 0. The lowest BCUT2D eigenvalue weighted by Gasteiger charge is -2.30. The van der Waals surface area contributed by atoms with Crippen molar-refractivity contribution < 1.29 is 4.48 Å². The number of nitrogens with zero attached hydrogens (tertiary/aromatic N) is 1. The summed E-state index contributed by atoms with van der Waals surface area (Å²) in [5, 5.41) is 0. The van der Waals surface area contributed by atoms with Crippen LogP contribution in [0.15, 0.2) is 0 Å². The van der Waals surface area contributed by atoms with E-state index in [-0.39, 0.29) is 0 Å². The van der Waals surface area contributed by atoms with Gasteiger partial charge >= 0.3 is 0 Å². The third kappa shape index (κ3) is 24.1. The molecule has 0 aliphatic carbocycles. The highest BCUT2D eigenvalue weighted by Crippen LogP contribution is 2.15. The van der Waals surface area contributed by atoms with Gasteiger partial charge in [-0.05, 0) is 31.6 Å². The minimum absolute atomic E-state index is 0.861. The lowest BCUT2D eigenvalue weighted by atomic mass is 10.0. The van der Waals surface area contributed by atoms with Crippen LogP contribution in [0.25, 0.3) is 0 Å². The van der Waals surface area contributed by atoms with Gasteiger partial charge in [-0.25, -0.2) is 0 Å². The number of hydrogen-bond donors (Lipinski definition) is 0. The normalized spacial score (nSPS) is 12.2. The Morgan fingerprint density at radius 3 is 1.10 bits per heavy atom. The van der Waals surface area contributed by atoms with Crippen molar-refractivity contribution in [3.63, 3.8) is 0 Å². The molecule has 0 saturated heterocycles. The van der Waals surface area contributed by atoms with E-state index in [9.17, 15) is 0 Å². The molecule has 0 amide bonds. The van der Waals surface area contributed by atoms with E-state index in [0.717, 1.165) is 5.92 Å². The predicted molar refractivity (Wildman–Crippen MR) is 135 cm³/mol. The molecule has 0 radical (unpaired) electrons. The summed E-state index contributed by atoms with van der Waals surface area (Å²) in [5.74, 6) is 0.861. The molecule has 1 heteroatoms. The highest BCUT2D eigenvalue weighted by molar-refractivity contribution is 4.51. The highest BCUT2D eigenvalue weighted by atomic mass is 15.3. The maximum absolute atomic E-state index is 2.42. The SMILES string of the molecule is CCCCCCCCCCCCCCCCCCCC[N+](C)(C)CCCC(C)C. The standard InChI is InChI=1S/C28H60N/c1-6-7-8-9-10-11-12-13-14-15-16-17-18-19-20-21-22-23-26-29(4,5)27-24-25-28(2)3/h28H,6-27H2,1-5H3/q+1. The molecule has 0 spiro atoms. The van der Waals surface area contributed by atoms with Crippen molar-refractivity contribution in [3.05, 3.63) is 0 Å². The van der Waals surface area contributed by atoms with E-state index in [1.807, 2.05) is 0 Å². The molecule has 29 heavy (non-hydrogen) atoms. The van der Waals surface area contributed by atoms with Gasteiger partial charge in [-0.1, -0.05) is 124 Å². The maximum atomic E-state index is 2.42. The number of unbranched alkanes of at least 4 members (excludes halogenated alkanes) is 17. The van der Waals surface area contributed by atoms with Crippen LogP contribution in [0.5, 0.6) is 0 Å². The fraction of sp³-hybridized carbons (Fsp3) is 1.00. The third-order valence-corrected chi connectivity index (χ3v) is 6.66. The number of quaternary nitrogens is 1. The Balaban J connectivity index is 3.20. The molecule has 0 N–H and O–H groups in total. The highest BCUT2D eigenvalue weighted by Gasteiger charge is 2.13. The number of rotatable bonds is 23. The lowest BCUT2D eigenvalue weighted by molar-refractivity contribution is -0.890. The van der Waals surface area contributed by atoms with E-state index in [1.165, 1.54) is 146 Å². The van der Waals surface area contributed by atoms with Gasteiger partial charge < -0.3 is 4.48 Å². The second-order valence-electron chi connectivity index (χ2n) is 10.9. The molecular weight excluding hydrogens is 350 g/mol. The van der Waals surface area contributed by atoms with Crippen LogP contribution in [0.2, 0.25) is 0 Å². The zero-order chi connectivity index (χ0) is 21.6. The van der Waals surface area contributed by atoms with Crippen LogP contribution in [0.1, 0.15) is 149 Å². The average molecular weight is 411 g/mol.